The third-order valence-electron chi connectivity index (χ3n) is 2.87. The summed E-state index contributed by atoms with van der Waals surface area (Å²) < 4.78 is 14.3. The smallest absolute Gasteiger partial charge is 0.235 e. The lowest BCUT2D eigenvalue weighted by molar-refractivity contribution is -0.122. The Balaban J connectivity index is 2.97. The summed E-state index contributed by atoms with van der Waals surface area (Å²) in [5, 5.41) is 5.81. The average Bonchev–Trinajstić information content (AvgIpc) is 2.18. The van der Waals surface area contributed by atoms with Crippen molar-refractivity contribution in [2.24, 2.45) is 10.9 Å². The largest absolute Gasteiger partial charge is 0.381 e. The third kappa shape index (κ3) is 1.75. The van der Waals surface area contributed by atoms with Crippen molar-refractivity contribution in [2.45, 2.75) is 24.5 Å². The molecule has 1 saturated heterocycles. The maximum Gasteiger partial charge on any atom is 0.235 e. The summed E-state index contributed by atoms with van der Waals surface area (Å²) in [6, 6.07) is 0. The van der Waals surface area contributed by atoms with Crippen molar-refractivity contribution in [3.8, 4) is 0 Å². The van der Waals surface area contributed by atoms with E-state index in [1.54, 1.807) is 6.92 Å². The molecule has 1 fully saturated rings. The third-order valence-corrected chi connectivity index (χ3v) is 5.71. The van der Waals surface area contributed by atoms with Crippen LogP contribution >= 0.6 is 10.5 Å². The van der Waals surface area contributed by atoms with Crippen molar-refractivity contribution in [3.05, 3.63) is 0 Å². The molecule has 1 rings (SSSR count). The summed E-state index contributed by atoms with van der Waals surface area (Å²) >= 11 is 0. The van der Waals surface area contributed by atoms with Gasteiger partial charge in [0.05, 0.1) is 0 Å². The number of amides is 1. The average molecular weight is 222 g/mol. The van der Waals surface area contributed by atoms with E-state index in [1.807, 2.05) is 0 Å². The van der Waals surface area contributed by atoms with Crippen LogP contribution in [0.25, 0.3) is 0 Å². The number of ether oxygens (including phenoxy) is 1. The van der Waals surface area contributed by atoms with Crippen molar-refractivity contribution in [3.63, 3.8) is 0 Å². The summed E-state index contributed by atoms with van der Waals surface area (Å²) in [4.78, 5) is 11.4. The van der Waals surface area contributed by atoms with Gasteiger partial charge in [0, 0.05) is 19.0 Å². The van der Waals surface area contributed by atoms with Gasteiger partial charge in [-0.15, -0.1) is 0 Å². The van der Waals surface area contributed by atoms with Gasteiger partial charge in [0.2, 0.25) is 5.91 Å². The lowest BCUT2D eigenvalue weighted by Gasteiger charge is -2.47. The molecule has 5 nitrogen and oxygen atoms in total. The summed E-state index contributed by atoms with van der Waals surface area (Å²) in [6.07, 6.45) is 0.858. The topological polar surface area (TPSA) is 98.6 Å². The molecule has 84 valence electrons. The lowest BCUT2D eigenvalue weighted by Crippen LogP contribution is -2.54. The van der Waals surface area contributed by atoms with Crippen molar-refractivity contribution in [1.29, 1.82) is 0 Å². The van der Waals surface area contributed by atoms with Gasteiger partial charge in [-0.25, -0.2) is 0 Å². The number of rotatable bonds is 3. The van der Waals surface area contributed by atoms with E-state index in [-0.39, 0.29) is 0 Å². The SMILES string of the molecule is CCS(N)(O)C1(C(N)=O)CCOCC1. The Morgan fingerprint density at radius 3 is 2.43 bits per heavy atom. The zero-order valence-corrected chi connectivity index (χ0v) is 9.18. The molecule has 0 saturated carbocycles. The molecule has 0 bridgehead atoms. The normalized spacial score (nSPS) is 27.6. The van der Waals surface area contributed by atoms with E-state index < -0.39 is 21.1 Å². The quantitative estimate of drug-likeness (QED) is 0.635. The fourth-order valence-corrected chi connectivity index (χ4v) is 3.53. The zero-order chi connectivity index (χ0) is 10.8. The molecule has 0 aliphatic carbocycles. The van der Waals surface area contributed by atoms with Gasteiger partial charge in [-0.2, -0.15) is 0 Å². The zero-order valence-electron chi connectivity index (χ0n) is 8.36. The summed E-state index contributed by atoms with van der Waals surface area (Å²) in [7, 11) is -2.44. The van der Waals surface area contributed by atoms with Crippen molar-refractivity contribution >= 4 is 16.4 Å². The number of carbonyl (C=O) groups is 1. The highest BCUT2D eigenvalue weighted by atomic mass is 32.3. The fraction of sp³-hybridized carbons (Fsp3) is 0.875. The van der Waals surface area contributed by atoms with E-state index in [0.717, 1.165) is 0 Å². The van der Waals surface area contributed by atoms with Gasteiger partial charge in [0.25, 0.3) is 0 Å². The minimum atomic E-state index is -2.44. The van der Waals surface area contributed by atoms with Gasteiger partial charge in [0.1, 0.15) is 4.75 Å². The summed E-state index contributed by atoms with van der Waals surface area (Å²) in [5.74, 6) is -0.113. The van der Waals surface area contributed by atoms with Crippen LogP contribution in [0.3, 0.4) is 0 Å². The van der Waals surface area contributed by atoms with Crippen LogP contribution in [0.15, 0.2) is 0 Å². The Labute approximate surface area is 85.4 Å². The van der Waals surface area contributed by atoms with E-state index in [9.17, 15) is 9.35 Å². The van der Waals surface area contributed by atoms with Crippen LogP contribution in [0.2, 0.25) is 0 Å². The molecule has 1 atom stereocenters. The minimum Gasteiger partial charge on any atom is -0.381 e. The van der Waals surface area contributed by atoms with Gasteiger partial charge in [0.15, 0.2) is 0 Å². The van der Waals surface area contributed by atoms with Crippen LogP contribution in [0.4, 0.5) is 0 Å². The minimum absolute atomic E-state index is 0.385. The molecule has 1 heterocycles. The molecule has 1 aliphatic rings. The first kappa shape index (κ1) is 11.8. The molecule has 6 heteroatoms. The molecule has 0 aromatic rings. The Hall–Kier alpha value is -0.300. The van der Waals surface area contributed by atoms with Gasteiger partial charge >= 0.3 is 0 Å². The number of hydrogen-bond donors (Lipinski definition) is 3. The first-order valence-corrected chi connectivity index (χ1v) is 6.47. The van der Waals surface area contributed by atoms with E-state index >= 15 is 0 Å². The summed E-state index contributed by atoms with van der Waals surface area (Å²) in [6.45, 7) is 2.65. The van der Waals surface area contributed by atoms with Crippen LogP contribution in [0.1, 0.15) is 19.8 Å². The maximum atomic E-state index is 11.4. The van der Waals surface area contributed by atoms with Crippen LogP contribution < -0.4 is 10.9 Å². The molecule has 0 radical (unpaired) electrons. The van der Waals surface area contributed by atoms with Crippen molar-refractivity contribution in [2.75, 3.05) is 19.0 Å². The van der Waals surface area contributed by atoms with E-state index in [0.29, 0.717) is 31.8 Å². The molecular formula is C8H18N2O3S. The Morgan fingerprint density at radius 1 is 1.57 bits per heavy atom. The highest BCUT2D eigenvalue weighted by molar-refractivity contribution is 8.28. The summed E-state index contributed by atoms with van der Waals surface area (Å²) in [5.41, 5.74) is 5.35. The van der Waals surface area contributed by atoms with Crippen molar-refractivity contribution < 1.29 is 14.1 Å². The van der Waals surface area contributed by atoms with Gasteiger partial charge in [-0.05, 0) is 12.8 Å². The van der Waals surface area contributed by atoms with Crippen LogP contribution in [0.5, 0.6) is 0 Å². The van der Waals surface area contributed by atoms with Crippen LogP contribution in [0, 0.1) is 0 Å². The molecular weight excluding hydrogens is 204 g/mol. The monoisotopic (exact) mass is 222 g/mol. The van der Waals surface area contributed by atoms with Crippen LogP contribution in [-0.2, 0) is 9.53 Å². The van der Waals surface area contributed by atoms with Crippen LogP contribution in [-0.4, -0.2) is 34.2 Å². The molecule has 1 unspecified atom stereocenters. The second kappa shape index (κ2) is 4.06. The molecule has 0 aromatic heterocycles. The number of nitrogens with two attached hydrogens (primary N) is 2. The second-order valence-corrected chi connectivity index (χ2v) is 6.38. The number of carbonyl (C=O) groups excluding carboxylic acids is 1. The fourth-order valence-electron chi connectivity index (χ4n) is 1.75. The van der Waals surface area contributed by atoms with Gasteiger partial charge in [-0.1, -0.05) is 17.4 Å². The predicted octanol–water partition coefficient (Wildman–Crippen LogP) is 0.192. The molecule has 1 aliphatic heterocycles. The van der Waals surface area contributed by atoms with E-state index in [4.69, 9.17) is 15.6 Å². The molecule has 0 aromatic carbocycles. The van der Waals surface area contributed by atoms with Crippen molar-refractivity contribution in [1.82, 2.24) is 0 Å². The van der Waals surface area contributed by atoms with E-state index in [1.165, 1.54) is 0 Å². The Bertz CT molecular complexity index is 227. The number of hydrogen-bond acceptors (Lipinski definition) is 4. The highest BCUT2D eigenvalue weighted by Gasteiger charge is 2.49. The Morgan fingerprint density at radius 2 is 2.07 bits per heavy atom. The molecule has 14 heavy (non-hydrogen) atoms. The maximum absolute atomic E-state index is 11.4. The second-order valence-electron chi connectivity index (χ2n) is 3.51. The first-order chi connectivity index (χ1) is 6.46. The standard InChI is InChI=1S/C8H18N2O3S/c1-2-14(10,12)8(7(9)11)3-5-13-6-4-8/h12H,2-6,10H2,1H3,(H2,9,11). The van der Waals surface area contributed by atoms with E-state index in [2.05, 4.69) is 0 Å². The highest BCUT2D eigenvalue weighted by Crippen LogP contribution is 2.53. The molecule has 0 spiro atoms. The van der Waals surface area contributed by atoms with Gasteiger partial charge < -0.3 is 15.0 Å². The lowest BCUT2D eigenvalue weighted by atomic mass is 9.98. The number of primary amides is 1. The van der Waals surface area contributed by atoms with Gasteiger partial charge in [-0.3, -0.25) is 9.93 Å². The molecule has 5 N–H and O–H groups in total. The predicted molar refractivity (Wildman–Crippen MR) is 56.9 cm³/mol. The molecule has 1 amide bonds. The Kier molecular flexibility index (Phi) is 3.41. The first-order valence-electron chi connectivity index (χ1n) is 4.65.